The molecule has 142 valence electrons. The van der Waals surface area contributed by atoms with E-state index in [4.69, 9.17) is 0 Å². The molecule has 4 nitrogen and oxygen atoms in total. The van der Waals surface area contributed by atoms with Gasteiger partial charge in [0, 0.05) is 38.5 Å². The highest BCUT2D eigenvalue weighted by atomic mass is 127. The second-order valence-electron chi connectivity index (χ2n) is 6.60. The van der Waals surface area contributed by atoms with E-state index in [9.17, 15) is 0 Å². The van der Waals surface area contributed by atoms with Crippen LogP contribution >= 0.6 is 35.3 Å². The van der Waals surface area contributed by atoms with Crippen molar-refractivity contribution in [3.8, 4) is 0 Å². The molecule has 1 aliphatic heterocycles. The number of nitrogens with zero attached hydrogens (tertiary/aromatic N) is 3. The quantitative estimate of drug-likeness (QED) is 0.383. The molecule has 26 heavy (non-hydrogen) atoms. The molecule has 1 unspecified atom stereocenters. The van der Waals surface area contributed by atoms with E-state index in [0.29, 0.717) is 5.92 Å². The first-order valence-corrected chi connectivity index (χ1v) is 10.1. The van der Waals surface area contributed by atoms with Gasteiger partial charge in [-0.3, -0.25) is 4.99 Å². The summed E-state index contributed by atoms with van der Waals surface area (Å²) in [4.78, 5) is 11.5. The Balaban J connectivity index is 0.00000243. The molecule has 0 amide bonds. The van der Waals surface area contributed by atoms with E-state index >= 15 is 0 Å². The van der Waals surface area contributed by atoms with Gasteiger partial charge in [-0.05, 0) is 30.7 Å². The summed E-state index contributed by atoms with van der Waals surface area (Å²) in [5.74, 6) is 1.74. The summed E-state index contributed by atoms with van der Waals surface area (Å²) in [7, 11) is 1.88. The lowest BCUT2D eigenvalue weighted by Gasteiger charge is -2.21. The molecule has 1 aromatic carbocycles. The molecule has 1 atom stereocenters. The summed E-state index contributed by atoms with van der Waals surface area (Å²) in [5.41, 5.74) is 2.63. The van der Waals surface area contributed by atoms with Crippen LogP contribution in [0, 0.1) is 5.92 Å². The van der Waals surface area contributed by atoms with Crippen molar-refractivity contribution in [1.29, 1.82) is 0 Å². The number of rotatable bonds is 6. The molecule has 1 saturated heterocycles. The van der Waals surface area contributed by atoms with Gasteiger partial charge in [-0.15, -0.1) is 35.3 Å². The number of likely N-dealkylation sites (tertiary alicyclic amines) is 1. The molecule has 6 heteroatoms. The Bertz CT molecular complexity index is 686. The molecule has 1 N–H and O–H groups in total. The average Bonchev–Trinajstić information content (AvgIpc) is 3.29. The van der Waals surface area contributed by atoms with Crippen molar-refractivity contribution in [3.63, 3.8) is 0 Å². The van der Waals surface area contributed by atoms with Crippen LogP contribution in [0.3, 0.4) is 0 Å². The van der Waals surface area contributed by atoms with Crippen LogP contribution in [0.1, 0.15) is 29.6 Å². The normalized spacial score (nSPS) is 17.2. The van der Waals surface area contributed by atoms with Crippen molar-refractivity contribution < 1.29 is 0 Å². The lowest BCUT2D eigenvalue weighted by Crippen LogP contribution is -2.41. The van der Waals surface area contributed by atoms with Gasteiger partial charge in [0.15, 0.2) is 5.96 Å². The molecular formula is C20H29IN4S. The zero-order chi connectivity index (χ0) is 17.5. The number of halogens is 1. The standard InChI is InChI=1S/C20H28N4S.HI/c1-3-19-23-18(15-25-19)9-11-22-20(21-2)24-12-10-17(14-24)13-16-7-5-4-6-8-16;/h4-8,15,17H,3,9-14H2,1-2H3,(H,21,22);1H. The third-order valence-electron chi connectivity index (χ3n) is 4.73. The van der Waals surface area contributed by atoms with Gasteiger partial charge in [0.05, 0.1) is 10.7 Å². The predicted octanol–water partition coefficient (Wildman–Crippen LogP) is 4.01. The van der Waals surface area contributed by atoms with E-state index in [1.54, 1.807) is 11.3 Å². The fourth-order valence-corrected chi connectivity index (χ4v) is 4.18. The average molecular weight is 484 g/mol. The number of thiazole rings is 1. The first-order valence-electron chi connectivity index (χ1n) is 9.21. The molecule has 0 saturated carbocycles. The summed E-state index contributed by atoms with van der Waals surface area (Å²) in [6.07, 6.45) is 4.38. The Hall–Kier alpha value is -1.15. The first-order chi connectivity index (χ1) is 12.3. The zero-order valence-corrected chi connectivity index (χ0v) is 18.8. The van der Waals surface area contributed by atoms with Crippen molar-refractivity contribution in [2.75, 3.05) is 26.7 Å². The van der Waals surface area contributed by atoms with Crippen LogP contribution in [0.5, 0.6) is 0 Å². The Morgan fingerprint density at radius 1 is 1.35 bits per heavy atom. The van der Waals surface area contributed by atoms with Gasteiger partial charge < -0.3 is 10.2 Å². The summed E-state index contributed by atoms with van der Waals surface area (Å²) >= 11 is 1.76. The second kappa shape index (κ2) is 10.9. The van der Waals surface area contributed by atoms with E-state index in [-0.39, 0.29) is 24.0 Å². The highest BCUT2D eigenvalue weighted by Crippen LogP contribution is 2.20. The van der Waals surface area contributed by atoms with E-state index in [1.165, 1.54) is 22.7 Å². The van der Waals surface area contributed by atoms with Gasteiger partial charge in [0.2, 0.25) is 0 Å². The van der Waals surface area contributed by atoms with Gasteiger partial charge in [-0.2, -0.15) is 0 Å². The SMILES string of the molecule is CCc1nc(CCNC(=NC)N2CCC(Cc3ccccc3)C2)cs1.I. The zero-order valence-electron chi connectivity index (χ0n) is 15.6. The first kappa shape index (κ1) is 21.2. The number of benzene rings is 1. The van der Waals surface area contributed by atoms with E-state index in [1.807, 2.05) is 7.05 Å². The Morgan fingerprint density at radius 3 is 2.85 bits per heavy atom. The minimum Gasteiger partial charge on any atom is -0.356 e. The largest absolute Gasteiger partial charge is 0.356 e. The molecule has 0 aliphatic carbocycles. The smallest absolute Gasteiger partial charge is 0.193 e. The van der Waals surface area contributed by atoms with Gasteiger partial charge in [-0.25, -0.2) is 4.98 Å². The minimum atomic E-state index is 0. The van der Waals surface area contributed by atoms with E-state index in [0.717, 1.165) is 44.9 Å². The minimum absolute atomic E-state index is 0. The third kappa shape index (κ3) is 5.94. The topological polar surface area (TPSA) is 40.5 Å². The molecule has 2 heterocycles. The van der Waals surface area contributed by atoms with Crippen LogP contribution in [0.25, 0.3) is 0 Å². The molecule has 1 aliphatic rings. The van der Waals surface area contributed by atoms with E-state index in [2.05, 4.69) is 62.8 Å². The lowest BCUT2D eigenvalue weighted by atomic mass is 9.99. The second-order valence-corrected chi connectivity index (χ2v) is 7.54. The fourth-order valence-electron chi connectivity index (χ4n) is 3.40. The number of hydrogen-bond donors (Lipinski definition) is 1. The van der Waals surface area contributed by atoms with Crippen LogP contribution in [0.15, 0.2) is 40.7 Å². The summed E-state index contributed by atoms with van der Waals surface area (Å²) in [6.45, 7) is 5.22. The summed E-state index contributed by atoms with van der Waals surface area (Å²) in [6, 6.07) is 10.8. The van der Waals surface area contributed by atoms with Crippen LogP contribution in [0.2, 0.25) is 0 Å². The van der Waals surface area contributed by atoms with Crippen molar-refractivity contribution in [2.45, 2.75) is 32.6 Å². The Kier molecular flexibility index (Phi) is 8.84. The summed E-state index contributed by atoms with van der Waals surface area (Å²) in [5, 5.41) is 6.91. The molecule has 1 aromatic heterocycles. The van der Waals surface area contributed by atoms with Gasteiger partial charge in [0.1, 0.15) is 0 Å². The Morgan fingerprint density at radius 2 is 2.15 bits per heavy atom. The van der Waals surface area contributed by atoms with E-state index < -0.39 is 0 Å². The van der Waals surface area contributed by atoms with Crippen molar-refractivity contribution in [2.24, 2.45) is 10.9 Å². The van der Waals surface area contributed by atoms with Gasteiger partial charge in [-0.1, -0.05) is 37.3 Å². The molecule has 0 spiro atoms. The highest BCUT2D eigenvalue weighted by Gasteiger charge is 2.24. The lowest BCUT2D eigenvalue weighted by molar-refractivity contribution is 0.460. The maximum Gasteiger partial charge on any atom is 0.193 e. The Labute approximate surface area is 178 Å². The number of aryl methyl sites for hydroxylation is 1. The molecule has 0 bridgehead atoms. The van der Waals surface area contributed by atoms with Gasteiger partial charge >= 0.3 is 0 Å². The third-order valence-corrected chi connectivity index (χ3v) is 5.77. The molecule has 2 aromatic rings. The van der Waals surface area contributed by atoms with Crippen LogP contribution in [-0.2, 0) is 19.3 Å². The summed E-state index contributed by atoms with van der Waals surface area (Å²) < 4.78 is 0. The van der Waals surface area contributed by atoms with Gasteiger partial charge in [0.25, 0.3) is 0 Å². The molecular weight excluding hydrogens is 455 g/mol. The highest BCUT2D eigenvalue weighted by molar-refractivity contribution is 14.0. The monoisotopic (exact) mass is 484 g/mol. The van der Waals surface area contributed by atoms with Crippen LogP contribution in [-0.4, -0.2) is 42.5 Å². The van der Waals surface area contributed by atoms with Crippen molar-refractivity contribution >= 4 is 41.3 Å². The number of nitrogens with one attached hydrogen (secondary N) is 1. The maximum atomic E-state index is 4.63. The number of aliphatic imine (C=N–C) groups is 1. The molecule has 0 radical (unpaired) electrons. The maximum absolute atomic E-state index is 4.63. The predicted molar refractivity (Wildman–Crippen MR) is 122 cm³/mol. The van der Waals surface area contributed by atoms with Crippen molar-refractivity contribution in [3.05, 3.63) is 52.0 Å². The number of hydrogen-bond acceptors (Lipinski definition) is 3. The fraction of sp³-hybridized carbons (Fsp3) is 0.500. The number of guanidine groups is 1. The van der Waals surface area contributed by atoms with Crippen molar-refractivity contribution in [1.82, 2.24) is 15.2 Å². The van der Waals surface area contributed by atoms with Crippen LogP contribution in [0.4, 0.5) is 0 Å². The number of aromatic nitrogens is 1. The molecule has 1 fully saturated rings. The molecule has 3 rings (SSSR count). The van der Waals surface area contributed by atoms with Crippen LogP contribution < -0.4 is 5.32 Å².